The molecule has 204 valence electrons. The summed E-state index contributed by atoms with van der Waals surface area (Å²) < 4.78 is 36.3. The van der Waals surface area contributed by atoms with Crippen LogP contribution in [0.3, 0.4) is 0 Å². The van der Waals surface area contributed by atoms with Gasteiger partial charge in [-0.05, 0) is 70.0 Å². The highest BCUT2D eigenvalue weighted by atomic mass is 16.3. The minimum atomic E-state index is -0.0682. The number of aromatic nitrogens is 3. The van der Waals surface area contributed by atoms with Gasteiger partial charge in [-0.15, -0.1) is 0 Å². The number of nitrogens with zero attached hydrogens (tertiary/aromatic N) is 3. The Labute approximate surface area is 255 Å². The third-order valence-electron chi connectivity index (χ3n) is 8.68. The van der Waals surface area contributed by atoms with E-state index in [0.717, 1.165) is 48.7 Å². The van der Waals surface area contributed by atoms with E-state index in [-0.39, 0.29) is 29.3 Å². The molecule has 10 aromatic rings. The quantitative estimate of drug-likeness (QED) is 0.210. The molecular formula is C40H23N3O. The summed E-state index contributed by atoms with van der Waals surface area (Å²) in [6.07, 6.45) is 0. The third kappa shape index (κ3) is 3.33. The molecule has 44 heavy (non-hydrogen) atoms. The molecule has 10 rings (SSSR count). The van der Waals surface area contributed by atoms with Crippen LogP contribution in [0.15, 0.2) is 144 Å². The van der Waals surface area contributed by atoms with Crippen molar-refractivity contribution in [3.63, 3.8) is 0 Å². The molecule has 4 nitrogen and oxygen atoms in total. The van der Waals surface area contributed by atoms with Gasteiger partial charge < -0.3 is 4.42 Å². The summed E-state index contributed by atoms with van der Waals surface area (Å²) in [7, 11) is 0. The zero-order chi connectivity index (χ0) is 31.4. The molecule has 0 aliphatic heterocycles. The fourth-order valence-electron chi connectivity index (χ4n) is 6.61. The van der Waals surface area contributed by atoms with Crippen LogP contribution in [0.4, 0.5) is 0 Å². The number of hydrogen-bond acceptors (Lipinski definition) is 3. The molecule has 3 heterocycles. The second-order valence-corrected chi connectivity index (χ2v) is 11.2. The van der Waals surface area contributed by atoms with Gasteiger partial charge >= 0.3 is 0 Å². The average Bonchev–Trinajstić information content (AvgIpc) is 3.64. The number of hydrogen-bond donors (Lipinski definition) is 0. The van der Waals surface area contributed by atoms with E-state index in [0.29, 0.717) is 33.5 Å². The van der Waals surface area contributed by atoms with Crippen LogP contribution in [-0.4, -0.2) is 14.5 Å². The monoisotopic (exact) mass is 564 g/mol. The fraction of sp³-hybridized carbons (Fsp3) is 0. The van der Waals surface area contributed by atoms with Crippen LogP contribution >= 0.6 is 0 Å². The van der Waals surface area contributed by atoms with Crippen LogP contribution in [0.1, 0.15) is 4.11 Å². The molecule has 0 bridgehead atoms. The first-order valence-electron chi connectivity index (χ1n) is 16.1. The van der Waals surface area contributed by atoms with Crippen LogP contribution in [0, 0.1) is 0 Å². The van der Waals surface area contributed by atoms with Gasteiger partial charge in [0.15, 0.2) is 0 Å². The number of benzene rings is 7. The first-order chi connectivity index (χ1) is 23.0. The van der Waals surface area contributed by atoms with Crippen molar-refractivity contribution < 1.29 is 8.53 Å². The lowest BCUT2D eigenvalue weighted by Crippen LogP contribution is -2.03. The van der Waals surface area contributed by atoms with Crippen LogP contribution in [0.25, 0.3) is 93.4 Å². The summed E-state index contributed by atoms with van der Waals surface area (Å²) in [6.45, 7) is 0. The van der Waals surface area contributed by atoms with E-state index in [1.54, 1.807) is 0 Å². The number of furan rings is 1. The molecule has 0 spiro atoms. The molecule has 0 aliphatic rings. The van der Waals surface area contributed by atoms with E-state index in [1.165, 1.54) is 0 Å². The smallest absolute Gasteiger partial charge is 0.235 e. The molecule has 3 aromatic heterocycles. The number of para-hydroxylation sites is 2. The van der Waals surface area contributed by atoms with Gasteiger partial charge in [0.05, 0.1) is 26.4 Å². The lowest BCUT2D eigenvalue weighted by molar-refractivity contribution is 0.669. The number of fused-ring (bicyclic) bond motifs is 9. The van der Waals surface area contributed by atoms with Crippen LogP contribution in [-0.2, 0) is 0 Å². The van der Waals surface area contributed by atoms with Crippen molar-refractivity contribution >= 4 is 76.2 Å². The predicted octanol–water partition coefficient (Wildman–Crippen LogP) is 10.6. The summed E-state index contributed by atoms with van der Waals surface area (Å²) in [5.41, 5.74) is 4.13. The standard InChI is InChI=1S/C40H23N3O/c1-3-11-26-21-36-32(19-24(26)9-1)29-13-6-8-16-35(29)43(36)40-41-34-15-7-5-14-31(34)39(42-40)28-17-18-30-33-20-25-10-2-4-12-27(25)22-38(33)44-37(30)23-28/h1-23H/i17D,18D,23D. The van der Waals surface area contributed by atoms with Gasteiger partial charge in [0.2, 0.25) is 5.95 Å². The van der Waals surface area contributed by atoms with Gasteiger partial charge in [0.1, 0.15) is 11.2 Å². The molecule has 0 amide bonds. The zero-order valence-corrected chi connectivity index (χ0v) is 23.3. The van der Waals surface area contributed by atoms with Crippen molar-refractivity contribution in [1.82, 2.24) is 14.5 Å². The summed E-state index contributed by atoms with van der Waals surface area (Å²) in [6, 6.07) is 40.4. The topological polar surface area (TPSA) is 43.9 Å². The molecule has 7 aromatic carbocycles. The van der Waals surface area contributed by atoms with Gasteiger partial charge in [-0.2, -0.15) is 0 Å². The Morgan fingerprint density at radius 1 is 0.523 bits per heavy atom. The van der Waals surface area contributed by atoms with Crippen molar-refractivity contribution in [2.24, 2.45) is 0 Å². The lowest BCUT2D eigenvalue weighted by atomic mass is 10.0. The van der Waals surface area contributed by atoms with Gasteiger partial charge in [-0.1, -0.05) is 91.0 Å². The average molecular weight is 565 g/mol. The Morgan fingerprint density at radius 2 is 1.18 bits per heavy atom. The molecule has 0 fully saturated rings. The Morgan fingerprint density at radius 3 is 2.00 bits per heavy atom. The molecule has 0 unspecified atom stereocenters. The molecule has 0 atom stereocenters. The Hall–Kier alpha value is -6.00. The summed E-state index contributed by atoms with van der Waals surface area (Å²) >= 11 is 0. The molecule has 0 N–H and O–H groups in total. The lowest BCUT2D eigenvalue weighted by Gasteiger charge is -2.12. The Kier molecular flexibility index (Phi) is 4.14. The SMILES string of the molecule is [2H]c1c(-c2nc(-n3c4ccccc4c4cc5ccccc5cc43)nc3ccccc23)c([2H])c2oc3cc4ccccc4cc3c2c1[2H]. The maximum Gasteiger partial charge on any atom is 0.235 e. The molecule has 0 aliphatic carbocycles. The molecule has 0 saturated heterocycles. The second kappa shape index (κ2) is 8.76. The molecule has 0 radical (unpaired) electrons. The van der Waals surface area contributed by atoms with Crippen molar-refractivity contribution in [1.29, 1.82) is 0 Å². The summed E-state index contributed by atoms with van der Waals surface area (Å²) in [5, 5.41) is 8.33. The van der Waals surface area contributed by atoms with E-state index in [1.807, 2.05) is 84.9 Å². The van der Waals surface area contributed by atoms with Crippen molar-refractivity contribution in [2.75, 3.05) is 0 Å². The minimum absolute atomic E-state index is 0.00704. The Bertz CT molecular complexity index is 2960. The normalized spacial score (nSPS) is 13.0. The summed E-state index contributed by atoms with van der Waals surface area (Å²) in [5.74, 6) is 0.432. The van der Waals surface area contributed by atoms with E-state index < -0.39 is 0 Å². The Balaban J connectivity index is 1.31. The molecule has 4 heteroatoms. The third-order valence-corrected chi connectivity index (χ3v) is 8.68. The van der Waals surface area contributed by atoms with Gasteiger partial charge in [0, 0.05) is 32.5 Å². The molecule has 0 saturated carbocycles. The van der Waals surface area contributed by atoms with Gasteiger partial charge in [0.25, 0.3) is 0 Å². The van der Waals surface area contributed by atoms with Crippen LogP contribution in [0.2, 0.25) is 0 Å². The maximum absolute atomic E-state index is 9.44. The first-order valence-corrected chi connectivity index (χ1v) is 14.6. The highest BCUT2D eigenvalue weighted by molar-refractivity contribution is 6.14. The van der Waals surface area contributed by atoms with E-state index in [9.17, 15) is 4.11 Å². The van der Waals surface area contributed by atoms with E-state index in [2.05, 4.69) is 41.0 Å². The first kappa shape index (κ1) is 20.8. The molecular weight excluding hydrogens is 538 g/mol. The minimum Gasteiger partial charge on any atom is -0.456 e. The maximum atomic E-state index is 9.44. The largest absolute Gasteiger partial charge is 0.456 e. The van der Waals surface area contributed by atoms with Crippen molar-refractivity contribution in [2.45, 2.75) is 0 Å². The predicted molar refractivity (Wildman–Crippen MR) is 182 cm³/mol. The van der Waals surface area contributed by atoms with E-state index in [4.69, 9.17) is 14.4 Å². The highest BCUT2D eigenvalue weighted by Crippen LogP contribution is 2.38. The van der Waals surface area contributed by atoms with Crippen molar-refractivity contribution in [3.05, 3.63) is 139 Å². The van der Waals surface area contributed by atoms with Crippen LogP contribution < -0.4 is 0 Å². The summed E-state index contributed by atoms with van der Waals surface area (Å²) in [4.78, 5) is 10.2. The number of rotatable bonds is 2. The highest BCUT2D eigenvalue weighted by Gasteiger charge is 2.18. The second-order valence-electron chi connectivity index (χ2n) is 11.2. The van der Waals surface area contributed by atoms with E-state index >= 15 is 0 Å². The van der Waals surface area contributed by atoms with Crippen molar-refractivity contribution in [3.8, 4) is 17.2 Å². The van der Waals surface area contributed by atoms with Crippen LogP contribution in [0.5, 0.6) is 0 Å². The zero-order valence-electron chi connectivity index (χ0n) is 26.3. The van der Waals surface area contributed by atoms with Gasteiger partial charge in [-0.25, -0.2) is 9.97 Å². The van der Waals surface area contributed by atoms with Gasteiger partial charge in [-0.3, -0.25) is 4.57 Å². The fourth-order valence-corrected chi connectivity index (χ4v) is 6.61.